The van der Waals surface area contributed by atoms with E-state index in [1.807, 2.05) is 19.1 Å². The fourth-order valence-corrected chi connectivity index (χ4v) is 3.44. The first kappa shape index (κ1) is 19.5. The lowest BCUT2D eigenvalue weighted by molar-refractivity contribution is 0.277. The Balaban J connectivity index is 1.77. The monoisotopic (exact) mass is 392 g/mol. The summed E-state index contributed by atoms with van der Waals surface area (Å²) in [5.41, 5.74) is 3.56. The van der Waals surface area contributed by atoms with Gasteiger partial charge >= 0.3 is 0 Å². The third-order valence-corrected chi connectivity index (χ3v) is 4.91. The third-order valence-electron chi connectivity index (χ3n) is 4.91. The van der Waals surface area contributed by atoms with Gasteiger partial charge in [-0.25, -0.2) is 9.98 Å². The van der Waals surface area contributed by atoms with Crippen LogP contribution in [-0.2, 0) is 9.47 Å². The second-order valence-corrected chi connectivity index (χ2v) is 8.75. The van der Waals surface area contributed by atoms with Gasteiger partial charge in [-0.15, -0.1) is 0 Å². The van der Waals surface area contributed by atoms with Crippen LogP contribution >= 0.6 is 0 Å². The van der Waals surface area contributed by atoms with Crippen molar-refractivity contribution in [3.05, 3.63) is 53.6 Å². The SMILES string of the molecule is CCOc1ccc(-c2ccc(C3=NC(C)(C)CO3)c(C3=NC(C)(C)CO3)c2)cc1. The van der Waals surface area contributed by atoms with E-state index >= 15 is 0 Å². The maximum absolute atomic E-state index is 5.97. The van der Waals surface area contributed by atoms with Crippen LogP contribution in [0.3, 0.4) is 0 Å². The zero-order valence-electron chi connectivity index (χ0n) is 17.8. The number of hydrogen-bond donors (Lipinski definition) is 0. The highest BCUT2D eigenvalue weighted by Crippen LogP contribution is 2.31. The molecule has 2 aromatic carbocycles. The summed E-state index contributed by atoms with van der Waals surface area (Å²) in [5, 5.41) is 0. The van der Waals surface area contributed by atoms with Crippen LogP contribution in [0.4, 0.5) is 0 Å². The van der Waals surface area contributed by atoms with Crippen molar-refractivity contribution < 1.29 is 14.2 Å². The predicted molar refractivity (Wildman–Crippen MR) is 116 cm³/mol. The minimum absolute atomic E-state index is 0.224. The van der Waals surface area contributed by atoms with E-state index in [0.29, 0.717) is 31.6 Å². The molecule has 2 aromatic rings. The summed E-state index contributed by atoms with van der Waals surface area (Å²) in [7, 11) is 0. The van der Waals surface area contributed by atoms with Crippen LogP contribution in [0.25, 0.3) is 11.1 Å². The van der Waals surface area contributed by atoms with Gasteiger partial charge in [0, 0.05) is 11.1 Å². The Morgan fingerprint density at radius 1 is 0.793 bits per heavy atom. The average molecular weight is 392 g/mol. The van der Waals surface area contributed by atoms with Crippen molar-refractivity contribution in [2.45, 2.75) is 45.7 Å². The van der Waals surface area contributed by atoms with Crippen LogP contribution in [0.2, 0.25) is 0 Å². The fraction of sp³-hybridized carbons (Fsp3) is 0.417. The first-order chi connectivity index (χ1) is 13.8. The summed E-state index contributed by atoms with van der Waals surface area (Å²) < 4.78 is 17.4. The molecule has 0 saturated heterocycles. The van der Waals surface area contributed by atoms with Gasteiger partial charge in [-0.05, 0) is 70.0 Å². The van der Waals surface area contributed by atoms with Gasteiger partial charge in [0.1, 0.15) is 19.0 Å². The summed E-state index contributed by atoms with van der Waals surface area (Å²) in [6, 6.07) is 14.4. The molecule has 2 aliphatic rings. The molecule has 0 atom stereocenters. The molecule has 2 heterocycles. The molecule has 0 fully saturated rings. The number of ether oxygens (including phenoxy) is 3. The average Bonchev–Trinajstić information content (AvgIpc) is 3.23. The molecule has 0 aromatic heterocycles. The number of aliphatic imine (C=N–C) groups is 2. The van der Waals surface area contributed by atoms with Crippen molar-refractivity contribution in [1.29, 1.82) is 0 Å². The van der Waals surface area contributed by atoms with Crippen molar-refractivity contribution in [2.75, 3.05) is 19.8 Å². The van der Waals surface area contributed by atoms with E-state index < -0.39 is 0 Å². The highest BCUT2D eigenvalue weighted by Gasteiger charge is 2.32. The van der Waals surface area contributed by atoms with E-state index in [4.69, 9.17) is 24.2 Å². The molecule has 0 aliphatic carbocycles. The lowest BCUT2D eigenvalue weighted by Crippen LogP contribution is -2.17. The number of benzene rings is 2. The normalized spacial score (nSPS) is 19.2. The summed E-state index contributed by atoms with van der Waals surface area (Å²) in [6.45, 7) is 12.1. The molecule has 0 radical (unpaired) electrons. The molecule has 5 nitrogen and oxygen atoms in total. The molecule has 0 N–H and O–H groups in total. The summed E-state index contributed by atoms with van der Waals surface area (Å²) in [5.74, 6) is 2.17. The van der Waals surface area contributed by atoms with Gasteiger partial charge in [-0.1, -0.05) is 18.2 Å². The number of hydrogen-bond acceptors (Lipinski definition) is 5. The molecular formula is C24H28N2O3. The maximum atomic E-state index is 5.97. The molecule has 0 spiro atoms. The zero-order valence-corrected chi connectivity index (χ0v) is 17.8. The number of rotatable bonds is 5. The summed E-state index contributed by atoms with van der Waals surface area (Å²) >= 11 is 0. The lowest BCUT2D eigenvalue weighted by Gasteiger charge is -2.12. The van der Waals surface area contributed by atoms with Gasteiger partial charge in [0.15, 0.2) is 0 Å². The molecule has 4 rings (SSSR count). The van der Waals surface area contributed by atoms with Crippen molar-refractivity contribution >= 4 is 11.8 Å². The van der Waals surface area contributed by atoms with Crippen LogP contribution in [0, 0.1) is 0 Å². The predicted octanol–water partition coefficient (Wildman–Crippen LogP) is 4.86. The molecule has 0 bridgehead atoms. The van der Waals surface area contributed by atoms with Gasteiger partial charge < -0.3 is 14.2 Å². The van der Waals surface area contributed by atoms with Crippen molar-refractivity contribution in [3.8, 4) is 16.9 Å². The topological polar surface area (TPSA) is 52.4 Å². The molecule has 152 valence electrons. The minimum atomic E-state index is -0.237. The van der Waals surface area contributed by atoms with Gasteiger partial charge in [0.25, 0.3) is 0 Å². The summed E-state index contributed by atoms with van der Waals surface area (Å²) in [4.78, 5) is 9.56. The minimum Gasteiger partial charge on any atom is -0.494 e. The quantitative estimate of drug-likeness (QED) is 0.730. The van der Waals surface area contributed by atoms with Gasteiger partial charge in [0.05, 0.1) is 17.7 Å². The fourth-order valence-electron chi connectivity index (χ4n) is 3.44. The first-order valence-corrected chi connectivity index (χ1v) is 10.1. The second kappa shape index (κ2) is 7.21. The van der Waals surface area contributed by atoms with Crippen molar-refractivity contribution in [1.82, 2.24) is 0 Å². The van der Waals surface area contributed by atoms with Crippen LogP contribution in [0.15, 0.2) is 52.4 Å². The van der Waals surface area contributed by atoms with Gasteiger partial charge in [-0.3, -0.25) is 0 Å². The Morgan fingerprint density at radius 2 is 1.34 bits per heavy atom. The zero-order chi connectivity index (χ0) is 20.6. The van der Waals surface area contributed by atoms with E-state index in [9.17, 15) is 0 Å². The molecule has 29 heavy (non-hydrogen) atoms. The highest BCUT2D eigenvalue weighted by atomic mass is 16.5. The standard InChI is InChI=1S/C24H28N2O3/c1-6-27-18-10-7-16(8-11-18)17-9-12-19(21-25-23(2,3)14-28-21)20(13-17)22-26-24(4,5)15-29-22/h7-13H,6,14-15H2,1-5H3. The van der Waals surface area contributed by atoms with Crippen LogP contribution in [-0.4, -0.2) is 42.7 Å². The largest absolute Gasteiger partial charge is 0.494 e. The number of nitrogens with zero attached hydrogens (tertiary/aromatic N) is 2. The van der Waals surface area contributed by atoms with Gasteiger partial charge in [0.2, 0.25) is 11.8 Å². The Bertz CT molecular complexity index is 972. The molecule has 0 unspecified atom stereocenters. The smallest absolute Gasteiger partial charge is 0.217 e. The van der Waals surface area contributed by atoms with E-state index in [-0.39, 0.29) is 11.1 Å². The van der Waals surface area contributed by atoms with Crippen LogP contribution in [0.1, 0.15) is 45.7 Å². The molecule has 2 aliphatic heterocycles. The Hall–Kier alpha value is -2.82. The van der Waals surface area contributed by atoms with E-state index in [2.05, 4.69) is 58.0 Å². The van der Waals surface area contributed by atoms with Crippen LogP contribution in [0.5, 0.6) is 5.75 Å². The molecule has 5 heteroatoms. The third kappa shape index (κ3) is 4.14. The van der Waals surface area contributed by atoms with Gasteiger partial charge in [-0.2, -0.15) is 0 Å². The highest BCUT2D eigenvalue weighted by molar-refractivity contribution is 6.09. The maximum Gasteiger partial charge on any atom is 0.217 e. The molecule has 0 saturated carbocycles. The van der Waals surface area contributed by atoms with Crippen LogP contribution < -0.4 is 4.74 Å². The Morgan fingerprint density at radius 3 is 1.86 bits per heavy atom. The Kier molecular flexibility index (Phi) is 4.85. The lowest BCUT2D eigenvalue weighted by atomic mass is 9.98. The van der Waals surface area contributed by atoms with E-state index in [1.54, 1.807) is 0 Å². The summed E-state index contributed by atoms with van der Waals surface area (Å²) in [6.07, 6.45) is 0. The molecule has 0 amide bonds. The second-order valence-electron chi connectivity index (χ2n) is 8.75. The molecular weight excluding hydrogens is 364 g/mol. The van der Waals surface area contributed by atoms with E-state index in [0.717, 1.165) is 28.0 Å². The Labute approximate surface area is 172 Å². The van der Waals surface area contributed by atoms with Crippen molar-refractivity contribution in [2.24, 2.45) is 9.98 Å². The van der Waals surface area contributed by atoms with E-state index in [1.165, 1.54) is 0 Å². The first-order valence-electron chi connectivity index (χ1n) is 10.1. The van der Waals surface area contributed by atoms with Crippen molar-refractivity contribution in [3.63, 3.8) is 0 Å².